The van der Waals surface area contributed by atoms with E-state index >= 15 is 0 Å². The van der Waals surface area contributed by atoms with Crippen LogP contribution in [0.3, 0.4) is 0 Å². The molecule has 0 saturated carbocycles. The minimum atomic E-state index is -0.671. The molecule has 10 heteroatoms. The number of amides is 2. The van der Waals surface area contributed by atoms with E-state index in [1.807, 2.05) is 0 Å². The predicted octanol–water partition coefficient (Wildman–Crippen LogP) is 3.64. The van der Waals surface area contributed by atoms with E-state index in [1.165, 1.54) is 25.5 Å². The van der Waals surface area contributed by atoms with Gasteiger partial charge in [-0.3, -0.25) is 9.59 Å². The molecule has 2 heterocycles. The molecule has 0 saturated heterocycles. The van der Waals surface area contributed by atoms with Crippen LogP contribution < -0.4 is 20.1 Å². The second-order valence-electron chi connectivity index (χ2n) is 6.57. The third kappa shape index (κ3) is 5.67. The smallest absolute Gasteiger partial charge is 0.348 e. The number of hydrogen-bond donors (Lipinski definition) is 2. The van der Waals surface area contributed by atoms with E-state index in [-0.39, 0.29) is 10.6 Å². The number of esters is 1. The number of furan rings is 1. The molecule has 2 N–H and O–H groups in total. The van der Waals surface area contributed by atoms with Gasteiger partial charge in [0, 0.05) is 5.56 Å². The van der Waals surface area contributed by atoms with Gasteiger partial charge in [0.2, 0.25) is 0 Å². The van der Waals surface area contributed by atoms with Gasteiger partial charge in [0.05, 0.1) is 31.5 Å². The number of nitrogens with one attached hydrogen (secondary N) is 2. The van der Waals surface area contributed by atoms with Crippen LogP contribution in [0.1, 0.15) is 38.8 Å². The summed E-state index contributed by atoms with van der Waals surface area (Å²) in [4.78, 5) is 36.8. The molecule has 0 aliphatic heterocycles. The summed E-state index contributed by atoms with van der Waals surface area (Å²) in [6.07, 6.45) is 1.39. The van der Waals surface area contributed by atoms with E-state index in [0.29, 0.717) is 16.5 Å². The van der Waals surface area contributed by atoms with E-state index in [2.05, 4.69) is 10.6 Å². The Hall–Kier alpha value is -3.79. The van der Waals surface area contributed by atoms with Crippen molar-refractivity contribution in [1.82, 2.24) is 5.32 Å². The van der Waals surface area contributed by atoms with Crippen LogP contribution in [0.15, 0.2) is 53.1 Å². The average Bonchev–Trinajstić information content (AvgIpc) is 3.49. The Balaban J connectivity index is 1.52. The Morgan fingerprint density at radius 1 is 1.09 bits per heavy atom. The molecular formula is C22H22N2O7S. The molecule has 3 aromatic rings. The van der Waals surface area contributed by atoms with Gasteiger partial charge in [-0.2, -0.15) is 0 Å². The molecule has 0 fully saturated rings. The van der Waals surface area contributed by atoms with Crippen molar-refractivity contribution in [3.8, 4) is 11.5 Å². The van der Waals surface area contributed by atoms with Gasteiger partial charge in [0.15, 0.2) is 12.4 Å². The highest BCUT2D eigenvalue weighted by atomic mass is 32.1. The number of rotatable bonds is 9. The second-order valence-corrected chi connectivity index (χ2v) is 7.65. The fourth-order valence-corrected chi connectivity index (χ4v) is 3.63. The lowest BCUT2D eigenvalue weighted by Gasteiger charge is -2.18. The molecular weight excluding hydrogens is 436 g/mol. The molecule has 1 atom stereocenters. The van der Waals surface area contributed by atoms with E-state index < -0.39 is 30.4 Å². The summed E-state index contributed by atoms with van der Waals surface area (Å²) in [6.45, 7) is 1.33. The first-order valence-corrected chi connectivity index (χ1v) is 10.4. The molecule has 32 heavy (non-hydrogen) atoms. The maximum Gasteiger partial charge on any atom is 0.348 e. The van der Waals surface area contributed by atoms with Crippen molar-refractivity contribution in [1.29, 1.82) is 0 Å². The zero-order valence-electron chi connectivity index (χ0n) is 17.7. The van der Waals surface area contributed by atoms with Crippen LogP contribution in [0, 0.1) is 0 Å². The summed E-state index contributed by atoms with van der Waals surface area (Å²) in [7, 11) is 3.08. The van der Waals surface area contributed by atoms with Crippen molar-refractivity contribution in [2.24, 2.45) is 0 Å². The Morgan fingerprint density at radius 2 is 1.91 bits per heavy atom. The van der Waals surface area contributed by atoms with Crippen LogP contribution in [0.5, 0.6) is 11.5 Å². The molecule has 0 radical (unpaired) electrons. The largest absolute Gasteiger partial charge is 0.497 e. The van der Waals surface area contributed by atoms with Crippen LogP contribution in [-0.2, 0) is 9.53 Å². The maximum atomic E-state index is 12.3. The van der Waals surface area contributed by atoms with Crippen molar-refractivity contribution in [2.45, 2.75) is 13.0 Å². The van der Waals surface area contributed by atoms with Crippen molar-refractivity contribution in [3.05, 3.63) is 64.9 Å². The van der Waals surface area contributed by atoms with Crippen LogP contribution in [0.4, 0.5) is 5.00 Å². The summed E-state index contributed by atoms with van der Waals surface area (Å²) in [6, 6.07) is 11.1. The molecule has 2 amide bonds. The lowest BCUT2D eigenvalue weighted by molar-refractivity contribution is -0.124. The first-order chi connectivity index (χ1) is 15.4. The molecule has 0 spiro atoms. The molecule has 0 bridgehead atoms. The number of carbonyl (C=O) groups is 3. The highest BCUT2D eigenvalue weighted by molar-refractivity contribution is 7.18. The molecule has 1 unspecified atom stereocenters. The normalized spacial score (nSPS) is 11.3. The lowest BCUT2D eigenvalue weighted by Crippen LogP contribution is -2.31. The lowest BCUT2D eigenvalue weighted by atomic mass is 10.1. The van der Waals surface area contributed by atoms with Gasteiger partial charge in [-0.25, -0.2) is 4.79 Å². The predicted molar refractivity (Wildman–Crippen MR) is 117 cm³/mol. The van der Waals surface area contributed by atoms with Gasteiger partial charge in [0.1, 0.15) is 16.4 Å². The summed E-state index contributed by atoms with van der Waals surface area (Å²) in [5.74, 6) is -0.202. The van der Waals surface area contributed by atoms with E-state index in [9.17, 15) is 14.4 Å². The Morgan fingerprint density at radius 3 is 2.59 bits per heavy atom. The van der Waals surface area contributed by atoms with Crippen molar-refractivity contribution in [3.63, 3.8) is 0 Å². The number of benzene rings is 1. The highest BCUT2D eigenvalue weighted by Gasteiger charge is 2.18. The van der Waals surface area contributed by atoms with Crippen LogP contribution in [0.2, 0.25) is 0 Å². The molecule has 168 valence electrons. The summed E-state index contributed by atoms with van der Waals surface area (Å²) in [5.41, 5.74) is 0.724. The van der Waals surface area contributed by atoms with Crippen LogP contribution >= 0.6 is 11.3 Å². The van der Waals surface area contributed by atoms with Gasteiger partial charge in [-0.1, -0.05) is 0 Å². The topological polar surface area (TPSA) is 116 Å². The van der Waals surface area contributed by atoms with Crippen molar-refractivity contribution >= 4 is 34.1 Å². The first kappa shape index (κ1) is 22.9. The Kier molecular flexibility index (Phi) is 7.50. The second kappa shape index (κ2) is 10.5. The summed E-state index contributed by atoms with van der Waals surface area (Å²) < 4.78 is 20.7. The van der Waals surface area contributed by atoms with Gasteiger partial charge in [-0.05, 0) is 49.4 Å². The van der Waals surface area contributed by atoms with Gasteiger partial charge < -0.3 is 29.3 Å². The summed E-state index contributed by atoms with van der Waals surface area (Å²) >= 11 is 1.03. The molecule has 9 nitrogen and oxygen atoms in total. The Bertz CT molecular complexity index is 1090. The molecule has 0 aliphatic rings. The minimum Gasteiger partial charge on any atom is -0.497 e. The zero-order chi connectivity index (χ0) is 23.1. The van der Waals surface area contributed by atoms with E-state index in [1.54, 1.807) is 44.4 Å². The van der Waals surface area contributed by atoms with Crippen molar-refractivity contribution in [2.75, 3.05) is 26.1 Å². The first-order valence-electron chi connectivity index (χ1n) is 9.54. The number of hydrogen-bond acceptors (Lipinski definition) is 8. The maximum absolute atomic E-state index is 12.3. The zero-order valence-corrected chi connectivity index (χ0v) is 18.5. The monoisotopic (exact) mass is 458 g/mol. The van der Waals surface area contributed by atoms with Gasteiger partial charge >= 0.3 is 5.97 Å². The van der Waals surface area contributed by atoms with Crippen LogP contribution in [0.25, 0.3) is 0 Å². The fourth-order valence-electron chi connectivity index (χ4n) is 2.84. The molecule has 2 aromatic heterocycles. The number of carbonyl (C=O) groups excluding carboxylic acids is 3. The third-order valence-corrected chi connectivity index (χ3v) is 5.38. The molecule has 0 aliphatic carbocycles. The average molecular weight is 458 g/mol. The highest BCUT2D eigenvalue weighted by Crippen LogP contribution is 2.29. The standard InChI is InChI=1S/C22H22N2O7S/c1-13(15-11-14(28-2)6-7-16(15)29-3)23-19(25)12-31-22(27)18-8-9-20(32-18)24-21(26)17-5-4-10-30-17/h4-11,13H,12H2,1-3H3,(H,23,25)(H,24,26). The number of thiophene rings is 1. The third-order valence-electron chi connectivity index (χ3n) is 4.40. The van der Waals surface area contributed by atoms with E-state index in [0.717, 1.165) is 16.9 Å². The number of methoxy groups -OCH3 is 2. The minimum absolute atomic E-state index is 0.154. The SMILES string of the molecule is COc1ccc(OC)c(C(C)NC(=O)COC(=O)c2ccc(NC(=O)c3ccco3)s2)c1. The quantitative estimate of drug-likeness (QED) is 0.470. The number of anilines is 1. The van der Waals surface area contributed by atoms with Crippen LogP contribution in [-0.4, -0.2) is 38.6 Å². The molecule has 3 rings (SSSR count). The Labute approximate surface area is 188 Å². The summed E-state index contributed by atoms with van der Waals surface area (Å²) in [5, 5.41) is 5.83. The van der Waals surface area contributed by atoms with Crippen molar-refractivity contribution < 1.29 is 33.0 Å². The molecule has 1 aromatic carbocycles. The fraction of sp³-hybridized carbons (Fsp3) is 0.227. The van der Waals surface area contributed by atoms with Gasteiger partial charge in [0.25, 0.3) is 11.8 Å². The van der Waals surface area contributed by atoms with E-state index in [4.69, 9.17) is 18.6 Å². The number of ether oxygens (including phenoxy) is 3. The van der Waals surface area contributed by atoms with Gasteiger partial charge in [-0.15, -0.1) is 11.3 Å².